The molecule has 5 heteroatoms. The predicted octanol–water partition coefficient (Wildman–Crippen LogP) is 2.71. The van der Waals surface area contributed by atoms with Crippen molar-refractivity contribution >= 4 is 22.6 Å². The van der Waals surface area contributed by atoms with Gasteiger partial charge in [-0.25, -0.2) is 9.86 Å². The average Bonchev–Trinajstić information content (AvgIpc) is 2.53. The highest BCUT2D eigenvalue weighted by molar-refractivity contribution is 6.14. The van der Waals surface area contributed by atoms with E-state index in [0.717, 1.165) is 18.2 Å². The first-order valence-corrected chi connectivity index (χ1v) is 6.88. The summed E-state index contributed by atoms with van der Waals surface area (Å²) < 4.78 is 0. The zero-order valence-corrected chi connectivity index (χ0v) is 11.4. The minimum absolute atomic E-state index is 0.133. The molecule has 0 unspecified atom stereocenters. The van der Waals surface area contributed by atoms with Crippen LogP contribution in [-0.4, -0.2) is 35.2 Å². The molecule has 2 aromatic carbocycles. The van der Waals surface area contributed by atoms with Crippen molar-refractivity contribution in [1.29, 1.82) is 0 Å². The van der Waals surface area contributed by atoms with E-state index in [0.29, 0.717) is 24.1 Å². The van der Waals surface area contributed by atoms with Crippen LogP contribution in [0.2, 0.25) is 0 Å². The molecule has 1 heterocycles. The van der Waals surface area contributed by atoms with Gasteiger partial charge in [0.25, 0.3) is 5.91 Å². The Morgan fingerprint density at radius 2 is 1.76 bits per heavy atom. The first-order valence-electron chi connectivity index (χ1n) is 6.88. The van der Waals surface area contributed by atoms with Gasteiger partial charge < -0.3 is 5.11 Å². The van der Waals surface area contributed by atoms with Gasteiger partial charge in [0, 0.05) is 11.9 Å². The van der Waals surface area contributed by atoms with E-state index >= 15 is 0 Å². The van der Waals surface area contributed by atoms with Crippen LogP contribution in [0, 0.1) is 0 Å². The maximum atomic E-state index is 12.6. The number of carbonyl (C=O) groups is 2. The molecule has 1 saturated heterocycles. The van der Waals surface area contributed by atoms with Crippen LogP contribution in [0.5, 0.6) is 0 Å². The highest BCUT2D eigenvalue weighted by Crippen LogP contribution is 2.25. The molecule has 1 amide bonds. The molecule has 0 saturated carbocycles. The highest BCUT2D eigenvalue weighted by atomic mass is 16.7. The number of carbonyl (C=O) groups excluding carboxylic acids is 1. The molecule has 0 radical (unpaired) electrons. The van der Waals surface area contributed by atoms with E-state index in [1.807, 2.05) is 0 Å². The Morgan fingerprint density at radius 3 is 2.38 bits per heavy atom. The number of aromatic carboxylic acids is 1. The number of hydrogen-bond acceptors (Lipinski definition) is 3. The van der Waals surface area contributed by atoms with E-state index in [4.69, 9.17) is 4.84 Å². The smallest absolute Gasteiger partial charge is 0.336 e. The van der Waals surface area contributed by atoms with Crippen molar-refractivity contribution in [3.8, 4) is 0 Å². The number of benzene rings is 2. The predicted molar refractivity (Wildman–Crippen MR) is 77.1 cm³/mol. The Morgan fingerprint density at radius 1 is 1.05 bits per heavy atom. The highest BCUT2D eigenvalue weighted by Gasteiger charge is 2.23. The van der Waals surface area contributed by atoms with Gasteiger partial charge >= 0.3 is 5.97 Å². The first-order chi connectivity index (χ1) is 10.2. The summed E-state index contributed by atoms with van der Waals surface area (Å²) in [7, 11) is 0. The normalized spacial score (nSPS) is 15.1. The number of hydroxylamine groups is 2. The maximum Gasteiger partial charge on any atom is 0.336 e. The molecule has 0 spiro atoms. The summed E-state index contributed by atoms with van der Waals surface area (Å²) in [6.07, 6.45) is 1.82. The van der Waals surface area contributed by atoms with Crippen LogP contribution < -0.4 is 0 Å². The minimum atomic E-state index is -1.04. The third kappa shape index (κ3) is 2.48. The van der Waals surface area contributed by atoms with Gasteiger partial charge in [-0.05, 0) is 30.4 Å². The van der Waals surface area contributed by atoms with Gasteiger partial charge in [-0.2, -0.15) is 0 Å². The molecular formula is C16H15NO4. The average molecular weight is 285 g/mol. The number of amides is 1. The van der Waals surface area contributed by atoms with Crippen molar-refractivity contribution in [2.24, 2.45) is 0 Å². The molecule has 21 heavy (non-hydrogen) atoms. The van der Waals surface area contributed by atoms with Gasteiger partial charge in [-0.3, -0.25) is 9.63 Å². The van der Waals surface area contributed by atoms with Crippen LogP contribution in [0.25, 0.3) is 10.8 Å². The standard InChI is InChI=1S/C16H15NO4/c18-15(17-9-1-2-10-21-17)12-7-3-5-11-6-4-8-13(14(11)12)16(19)20/h3-8H,1-2,9-10H2,(H,19,20). The molecule has 108 valence electrons. The van der Waals surface area contributed by atoms with Crippen LogP contribution in [-0.2, 0) is 4.84 Å². The van der Waals surface area contributed by atoms with Crippen LogP contribution in [0.4, 0.5) is 0 Å². The fraction of sp³-hybridized carbons (Fsp3) is 0.250. The summed E-state index contributed by atoms with van der Waals surface area (Å²) in [5.74, 6) is -1.32. The molecule has 0 atom stereocenters. The van der Waals surface area contributed by atoms with Gasteiger partial charge in [0.15, 0.2) is 0 Å². The summed E-state index contributed by atoms with van der Waals surface area (Å²) in [4.78, 5) is 29.4. The van der Waals surface area contributed by atoms with E-state index in [1.54, 1.807) is 30.3 Å². The fourth-order valence-corrected chi connectivity index (χ4v) is 2.59. The van der Waals surface area contributed by atoms with Crippen molar-refractivity contribution in [3.63, 3.8) is 0 Å². The van der Waals surface area contributed by atoms with Crippen molar-refractivity contribution in [2.75, 3.05) is 13.2 Å². The Kier molecular flexibility index (Phi) is 3.58. The molecule has 0 aromatic heterocycles. The lowest BCUT2D eigenvalue weighted by molar-refractivity contribution is -0.144. The van der Waals surface area contributed by atoms with Crippen LogP contribution in [0.15, 0.2) is 36.4 Å². The molecule has 5 nitrogen and oxygen atoms in total. The number of hydrogen-bond donors (Lipinski definition) is 1. The van der Waals surface area contributed by atoms with Gasteiger partial charge in [-0.1, -0.05) is 24.3 Å². The van der Waals surface area contributed by atoms with Gasteiger partial charge in [0.1, 0.15) is 0 Å². The quantitative estimate of drug-likeness (QED) is 0.921. The minimum Gasteiger partial charge on any atom is -0.478 e. The lowest BCUT2D eigenvalue weighted by atomic mass is 9.98. The van der Waals surface area contributed by atoms with E-state index in [-0.39, 0.29) is 11.5 Å². The lowest BCUT2D eigenvalue weighted by Crippen LogP contribution is -2.35. The van der Waals surface area contributed by atoms with E-state index < -0.39 is 5.97 Å². The molecule has 0 bridgehead atoms. The van der Waals surface area contributed by atoms with Crippen LogP contribution in [0.3, 0.4) is 0 Å². The van der Waals surface area contributed by atoms with Crippen LogP contribution in [0.1, 0.15) is 33.6 Å². The second-order valence-electron chi connectivity index (χ2n) is 4.96. The zero-order chi connectivity index (χ0) is 14.8. The summed E-state index contributed by atoms with van der Waals surface area (Å²) in [5.41, 5.74) is 0.501. The van der Waals surface area contributed by atoms with Crippen molar-refractivity contribution in [3.05, 3.63) is 47.5 Å². The van der Waals surface area contributed by atoms with Gasteiger partial charge in [0.05, 0.1) is 17.7 Å². The molecule has 2 aromatic rings. The Balaban J connectivity index is 2.13. The molecule has 3 rings (SSSR count). The summed E-state index contributed by atoms with van der Waals surface area (Å²) >= 11 is 0. The summed E-state index contributed by atoms with van der Waals surface area (Å²) in [5, 5.41) is 11.9. The number of nitrogens with zero attached hydrogens (tertiary/aromatic N) is 1. The third-order valence-electron chi connectivity index (χ3n) is 3.59. The first kappa shape index (κ1) is 13.6. The molecule has 1 aliphatic rings. The van der Waals surface area contributed by atoms with Crippen LogP contribution >= 0.6 is 0 Å². The maximum absolute atomic E-state index is 12.6. The van der Waals surface area contributed by atoms with Crippen molar-refractivity contribution < 1.29 is 19.5 Å². The molecule has 0 aliphatic carbocycles. The second kappa shape index (κ2) is 5.54. The lowest BCUT2D eigenvalue weighted by Gasteiger charge is -2.26. The van der Waals surface area contributed by atoms with Gasteiger partial charge in [-0.15, -0.1) is 0 Å². The number of fused-ring (bicyclic) bond motifs is 1. The monoisotopic (exact) mass is 285 g/mol. The van der Waals surface area contributed by atoms with E-state index in [1.165, 1.54) is 11.1 Å². The third-order valence-corrected chi connectivity index (χ3v) is 3.59. The molecular weight excluding hydrogens is 270 g/mol. The Hall–Kier alpha value is -2.40. The van der Waals surface area contributed by atoms with Gasteiger partial charge in [0.2, 0.25) is 0 Å². The zero-order valence-electron chi connectivity index (χ0n) is 11.4. The Bertz CT molecular complexity index is 699. The number of rotatable bonds is 2. The summed E-state index contributed by atoms with van der Waals surface area (Å²) in [6.45, 7) is 1.05. The second-order valence-corrected chi connectivity index (χ2v) is 4.96. The SMILES string of the molecule is O=C(O)c1cccc2cccc(C(=O)N3CCCCO3)c12. The van der Waals surface area contributed by atoms with Crippen molar-refractivity contribution in [2.45, 2.75) is 12.8 Å². The van der Waals surface area contributed by atoms with E-state index in [2.05, 4.69) is 0 Å². The number of carboxylic acid groups (broad SMARTS) is 1. The fourth-order valence-electron chi connectivity index (χ4n) is 2.59. The topological polar surface area (TPSA) is 66.8 Å². The van der Waals surface area contributed by atoms with E-state index in [9.17, 15) is 14.7 Å². The molecule has 1 fully saturated rings. The molecule has 1 aliphatic heterocycles. The Labute approximate surface area is 121 Å². The largest absolute Gasteiger partial charge is 0.478 e. The molecule has 1 N–H and O–H groups in total. The summed E-state index contributed by atoms with van der Waals surface area (Å²) in [6, 6.07) is 10.2. The van der Waals surface area contributed by atoms with Crippen molar-refractivity contribution in [1.82, 2.24) is 5.06 Å². The number of carboxylic acids is 1.